The van der Waals surface area contributed by atoms with E-state index in [2.05, 4.69) is 222 Å². The molecule has 1 aliphatic heterocycles. The number of hydrogen-bond donors (Lipinski definition) is 0. The van der Waals surface area contributed by atoms with Crippen molar-refractivity contribution in [3.8, 4) is 44.5 Å². The largest absolute Gasteiger partial charge is 0.494 e. The Kier molecular flexibility index (Phi) is 8.66. The van der Waals surface area contributed by atoms with E-state index >= 15 is 0 Å². The van der Waals surface area contributed by atoms with Gasteiger partial charge in [0, 0.05) is 17.7 Å². The predicted octanol–water partition coefficient (Wildman–Crippen LogP) is 12.7. The van der Waals surface area contributed by atoms with Gasteiger partial charge in [-0.05, 0) is 136 Å². The minimum absolute atomic E-state index is 0.475. The minimum atomic E-state index is -0.738. The van der Waals surface area contributed by atoms with Crippen LogP contribution in [0.1, 0.15) is 55.5 Å². The highest BCUT2D eigenvalue weighted by Gasteiger charge is 2.53. The summed E-state index contributed by atoms with van der Waals surface area (Å²) in [4.78, 5) is 0. The summed E-state index contributed by atoms with van der Waals surface area (Å²) < 4.78 is 13.5. The molecule has 7 aromatic rings. The lowest BCUT2D eigenvalue weighted by atomic mass is 9.64. The molecule has 7 aromatic carbocycles. The van der Waals surface area contributed by atoms with Crippen molar-refractivity contribution < 1.29 is 9.31 Å². The summed E-state index contributed by atoms with van der Waals surface area (Å²) in [6.07, 6.45) is 11.7. The summed E-state index contributed by atoms with van der Waals surface area (Å²) in [6.45, 7) is 8.49. The fraction of sp³-hybridized carbons (Fsp3) is 0.127. The molecule has 0 amide bonds. The molecule has 3 heteroatoms. The Balaban J connectivity index is 1.34. The molecular weight excluding hydrogens is 703 g/mol. The molecule has 0 spiro atoms. The van der Waals surface area contributed by atoms with Gasteiger partial charge in [-0.2, -0.15) is 0 Å². The molecule has 278 valence electrons. The van der Waals surface area contributed by atoms with Crippen LogP contribution in [0.25, 0.3) is 50.1 Å². The molecule has 10 rings (SSSR count). The number of allylic oxidation sites excluding steroid dienone is 6. The van der Waals surface area contributed by atoms with E-state index in [9.17, 15) is 0 Å². The van der Waals surface area contributed by atoms with E-state index in [1.54, 1.807) is 0 Å². The summed E-state index contributed by atoms with van der Waals surface area (Å²) in [5.74, 6) is 0. The molecule has 1 unspecified atom stereocenters. The lowest BCUT2D eigenvalue weighted by molar-refractivity contribution is 0.00578. The molecule has 1 heterocycles. The van der Waals surface area contributed by atoms with Gasteiger partial charge in [0.25, 0.3) is 0 Å². The third kappa shape index (κ3) is 5.94. The van der Waals surface area contributed by atoms with Crippen LogP contribution in [0.4, 0.5) is 0 Å². The van der Waals surface area contributed by atoms with Crippen LogP contribution in [0.2, 0.25) is 0 Å². The molecule has 3 aliphatic rings. The van der Waals surface area contributed by atoms with Crippen molar-refractivity contribution in [1.29, 1.82) is 0 Å². The second-order valence-corrected chi connectivity index (χ2v) is 16.7. The number of hydrogen-bond acceptors (Lipinski definition) is 2. The van der Waals surface area contributed by atoms with E-state index in [-0.39, 0.29) is 0 Å². The molecule has 0 N–H and O–H groups in total. The topological polar surface area (TPSA) is 18.5 Å². The molecule has 1 saturated heterocycles. The highest BCUT2D eigenvalue weighted by molar-refractivity contribution is 6.62. The van der Waals surface area contributed by atoms with Crippen molar-refractivity contribution in [2.45, 2.75) is 44.3 Å². The molecule has 2 nitrogen and oxygen atoms in total. The normalized spacial score (nSPS) is 18.3. The predicted molar refractivity (Wildman–Crippen MR) is 241 cm³/mol. The Bertz CT molecular complexity index is 2700. The van der Waals surface area contributed by atoms with Crippen LogP contribution < -0.4 is 5.46 Å². The average Bonchev–Trinajstić information content (AvgIpc) is 3.70. The van der Waals surface area contributed by atoms with E-state index in [0.29, 0.717) is 0 Å². The van der Waals surface area contributed by atoms with Gasteiger partial charge in [-0.15, -0.1) is 0 Å². The Morgan fingerprint density at radius 2 is 0.931 bits per heavy atom. The van der Waals surface area contributed by atoms with Crippen LogP contribution in [-0.2, 0) is 14.7 Å². The Morgan fingerprint density at radius 1 is 0.448 bits per heavy atom. The van der Waals surface area contributed by atoms with Gasteiger partial charge in [0.05, 0.1) is 28.3 Å². The maximum atomic E-state index is 6.75. The molecule has 0 aromatic heterocycles. The summed E-state index contributed by atoms with van der Waals surface area (Å²) in [7, 11) is -0.515. The lowest BCUT2D eigenvalue weighted by Gasteiger charge is -2.35. The first-order valence-corrected chi connectivity index (χ1v) is 20.3. The van der Waals surface area contributed by atoms with Crippen LogP contribution in [0.5, 0.6) is 0 Å². The second-order valence-electron chi connectivity index (χ2n) is 16.7. The monoisotopic (exact) mass is 747 g/mol. The van der Waals surface area contributed by atoms with Crippen molar-refractivity contribution in [2.75, 3.05) is 0 Å². The van der Waals surface area contributed by atoms with Crippen molar-refractivity contribution in [1.82, 2.24) is 0 Å². The molecule has 1 atom stereocenters. The van der Waals surface area contributed by atoms with Gasteiger partial charge in [-0.1, -0.05) is 133 Å². The van der Waals surface area contributed by atoms with Crippen LogP contribution in [-0.4, -0.2) is 18.3 Å². The zero-order chi connectivity index (χ0) is 39.5. The zero-order valence-electron chi connectivity index (χ0n) is 33.4. The molecule has 2 aliphatic carbocycles. The molecule has 0 radical (unpaired) electrons. The maximum Gasteiger partial charge on any atom is 0.494 e. The fourth-order valence-electron chi connectivity index (χ4n) is 9.03. The Hall–Kier alpha value is -6.35. The van der Waals surface area contributed by atoms with Crippen molar-refractivity contribution in [3.05, 3.63) is 228 Å². The van der Waals surface area contributed by atoms with Gasteiger partial charge < -0.3 is 9.31 Å². The van der Waals surface area contributed by atoms with Crippen LogP contribution >= 0.6 is 0 Å². The molecular formula is C55H44BO2+. The Morgan fingerprint density at radius 3 is 1.47 bits per heavy atom. The minimum Gasteiger partial charge on any atom is -0.399 e. The van der Waals surface area contributed by atoms with Crippen molar-refractivity contribution in [2.24, 2.45) is 0 Å². The van der Waals surface area contributed by atoms with E-state index in [1.165, 1.54) is 61.2 Å². The van der Waals surface area contributed by atoms with Crippen LogP contribution in [0, 0.1) is 6.08 Å². The molecule has 0 bridgehead atoms. The summed E-state index contributed by atoms with van der Waals surface area (Å²) in [5.41, 5.74) is 15.9. The van der Waals surface area contributed by atoms with Crippen molar-refractivity contribution >= 4 is 18.2 Å². The smallest absolute Gasteiger partial charge is 0.399 e. The highest BCUT2D eigenvalue weighted by Crippen LogP contribution is 2.57. The molecule has 58 heavy (non-hydrogen) atoms. The average molecular weight is 748 g/mol. The third-order valence-electron chi connectivity index (χ3n) is 12.7. The SMILES string of the molecule is CC1(C)OB(c2ccc3c(c2)C(c2cc(C4=CC=C[C+]=C4)cc(-c4ccccc4)c2)(c2cc(-c4ccccc4)cc(-c4ccccc4)c2)c2ccccc2-3)OC1(C)C. The van der Waals surface area contributed by atoms with E-state index < -0.39 is 23.7 Å². The van der Waals surface area contributed by atoms with Crippen LogP contribution in [0.3, 0.4) is 0 Å². The summed E-state index contributed by atoms with van der Waals surface area (Å²) in [6, 6.07) is 62.6. The Labute approximate surface area is 343 Å². The summed E-state index contributed by atoms with van der Waals surface area (Å²) >= 11 is 0. The van der Waals surface area contributed by atoms with Gasteiger partial charge in [0.2, 0.25) is 0 Å². The zero-order valence-corrected chi connectivity index (χ0v) is 33.4. The van der Waals surface area contributed by atoms with Gasteiger partial charge in [-0.3, -0.25) is 0 Å². The van der Waals surface area contributed by atoms with E-state index in [0.717, 1.165) is 22.2 Å². The van der Waals surface area contributed by atoms with Gasteiger partial charge in [0.15, 0.2) is 0 Å². The first kappa shape index (κ1) is 36.0. The first-order valence-electron chi connectivity index (χ1n) is 20.3. The number of fused-ring (bicyclic) bond motifs is 3. The number of benzene rings is 7. The van der Waals surface area contributed by atoms with Gasteiger partial charge >= 0.3 is 7.12 Å². The van der Waals surface area contributed by atoms with Gasteiger partial charge in [-0.25, -0.2) is 0 Å². The number of rotatable bonds is 7. The third-order valence-corrected chi connectivity index (χ3v) is 12.7. The van der Waals surface area contributed by atoms with Gasteiger partial charge in [0.1, 0.15) is 12.2 Å². The summed E-state index contributed by atoms with van der Waals surface area (Å²) in [5, 5.41) is 0. The van der Waals surface area contributed by atoms with Crippen LogP contribution in [0.15, 0.2) is 194 Å². The quantitative estimate of drug-likeness (QED) is 0.119. The van der Waals surface area contributed by atoms with Crippen molar-refractivity contribution in [3.63, 3.8) is 0 Å². The standard InChI is InChI=1S/C55H44BO2/c1-53(2)54(3,4)58-56(57-53)48-29-30-50-49-27-17-18-28-51(49)55(52(50)37-48,46-33-42(38-19-9-5-10-20-38)31-43(34-46)39-21-11-6-12-22-39)47-35-44(40-23-13-7-14-24-40)32-45(36-47)41-25-15-8-16-26-41/h5-15,17-37H,1-4H3/q+1. The maximum absolute atomic E-state index is 6.75. The van der Waals surface area contributed by atoms with E-state index in [1.807, 2.05) is 6.08 Å². The second kappa shape index (κ2) is 13.9. The first-order chi connectivity index (χ1) is 28.2. The highest BCUT2D eigenvalue weighted by atomic mass is 16.7. The molecule has 1 fully saturated rings. The van der Waals surface area contributed by atoms with E-state index in [4.69, 9.17) is 9.31 Å². The lowest BCUT2D eigenvalue weighted by Crippen LogP contribution is -2.41. The fourth-order valence-corrected chi connectivity index (χ4v) is 9.03. The molecule has 0 saturated carbocycles.